The van der Waals surface area contributed by atoms with Gasteiger partial charge in [-0.1, -0.05) is 6.07 Å². The molecule has 10 nitrogen and oxygen atoms in total. The lowest BCUT2D eigenvalue weighted by molar-refractivity contribution is 0.103. The Labute approximate surface area is 238 Å². The summed E-state index contributed by atoms with van der Waals surface area (Å²) in [7, 11) is -4.88. The number of fused-ring (bicyclic) bond motifs is 2. The van der Waals surface area contributed by atoms with Crippen LogP contribution in [-0.2, 0) is 10.0 Å². The molecule has 0 saturated carbocycles. The Morgan fingerprint density at radius 3 is 2.44 bits per heavy atom. The van der Waals surface area contributed by atoms with E-state index in [1.165, 1.54) is 30.7 Å². The van der Waals surface area contributed by atoms with E-state index < -0.39 is 61.3 Å². The van der Waals surface area contributed by atoms with Gasteiger partial charge in [0.2, 0.25) is 5.78 Å². The van der Waals surface area contributed by atoms with E-state index in [9.17, 15) is 36.3 Å². The maximum atomic E-state index is 15.5. The molecule has 0 aliphatic heterocycles. The van der Waals surface area contributed by atoms with Gasteiger partial charge >= 0.3 is 6.09 Å². The Morgan fingerprint density at radius 2 is 1.67 bits per heavy atom. The molecule has 0 bridgehead atoms. The first-order valence-electron chi connectivity index (χ1n) is 12.1. The fraction of sp³-hybridized carbons (Fsp3) is 0. The van der Waals surface area contributed by atoms with E-state index in [1.807, 2.05) is 0 Å². The van der Waals surface area contributed by atoms with E-state index in [1.54, 1.807) is 16.9 Å². The highest BCUT2D eigenvalue weighted by Gasteiger charge is 2.28. The smallest absolute Gasteiger partial charge is 0.432 e. The van der Waals surface area contributed by atoms with Crippen LogP contribution < -0.4 is 4.72 Å². The number of hydrogen-bond acceptors (Lipinski definition) is 6. The van der Waals surface area contributed by atoms with Crippen LogP contribution >= 0.6 is 0 Å². The molecule has 3 aromatic heterocycles. The van der Waals surface area contributed by atoms with Crippen molar-refractivity contribution in [1.82, 2.24) is 19.7 Å². The summed E-state index contributed by atoms with van der Waals surface area (Å²) in [6, 6.07) is 9.32. The number of nitrogens with zero attached hydrogens (tertiary/aromatic N) is 3. The topological polar surface area (TPSA) is 147 Å². The standard InChI is InChI=1S/C28H15F4N5O5S/c29-16-2-3-19(30)23(9-16)43(41,42)36-21-5-4-20(31)24(25(21)32)26(38)18-12-34-27-17(18)8-14(10-33-27)13-1-6-22-15(7-13)11-35-37(22)28(39)40/h1-12,36H,(H,33,34)(H,39,40). The Morgan fingerprint density at radius 1 is 0.907 bits per heavy atom. The lowest BCUT2D eigenvalue weighted by Gasteiger charge is -2.12. The number of carboxylic acid groups (broad SMARTS) is 1. The van der Waals surface area contributed by atoms with Crippen LogP contribution in [0.3, 0.4) is 0 Å². The van der Waals surface area contributed by atoms with Gasteiger partial charge in [-0.25, -0.2) is 35.8 Å². The van der Waals surface area contributed by atoms with Crippen molar-refractivity contribution in [1.29, 1.82) is 0 Å². The molecule has 0 unspecified atom stereocenters. The van der Waals surface area contributed by atoms with E-state index in [0.29, 0.717) is 52.4 Å². The van der Waals surface area contributed by atoms with Gasteiger partial charge in [0.1, 0.15) is 28.0 Å². The van der Waals surface area contributed by atoms with Crippen LogP contribution in [0.15, 0.2) is 78.1 Å². The zero-order valence-corrected chi connectivity index (χ0v) is 22.1. The predicted octanol–water partition coefficient (Wildman–Crippen LogP) is 5.69. The number of aromatic amines is 1. The van der Waals surface area contributed by atoms with Crippen molar-refractivity contribution in [3.63, 3.8) is 0 Å². The number of pyridine rings is 1. The fourth-order valence-corrected chi connectivity index (χ4v) is 5.72. The van der Waals surface area contributed by atoms with Gasteiger partial charge in [0.15, 0.2) is 5.82 Å². The van der Waals surface area contributed by atoms with E-state index in [0.717, 1.165) is 4.68 Å². The summed E-state index contributed by atoms with van der Waals surface area (Å²) >= 11 is 0. The number of halogens is 4. The van der Waals surface area contributed by atoms with Crippen molar-refractivity contribution in [3.8, 4) is 11.1 Å². The molecule has 3 aromatic carbocycles. The average molecular weight is 610 g/mol. The molecule has 216 valence electrons. The highest BCUT2D eigenvalue weighted by Crippen LogP contribution is 2.31. The fourth-order valence-electron chi connectivity index (χ4n) is 4.57. The van der Waals surface area contributed by atoms with Crippen molar-refractivity contribution < 1.29 is 40.7 Å². The Bertz CT molecular complexity index is 2250. The number of H-pyrrole nitrogens is 1. The Kier molecular flexibility index (Phi) is 6.45. The summed E-state index contributed by atoms with van der Waals surface area (Å²) in [6.07, 6.45) is 2.75. The molecule has 0 amide bonds. The molecule has 0 saturated heterocycles. The van der Waals surface area contributed by atoms with Gasteiger partial charge in [0.05, 0.1) is 23.0 Å². The first-order valence-corrected chi connectivity index (χ1v) is 13.6. The molecule has 15 heteroatoms. The first-order chi connectivity index (χ1) is 20.4. The van der Waals surface area contributed by atoms with E-state index >= 15 is 4.39 Å². The van der Waals surface area contributed by atoms with Gasteiger partial charge in [-0.3, -0.25) is 9.52 Å². The normalized spacial score (nSPS) is 11.7. The quantitative estimate of drug-likeness (QED) is 0.162. The van der Waals surface area contributed by atoms with Gasteiger partial charge in [0.25, 0.3) is 10.0 Å². The largest absolute Gasteiger partial charge is 0.463 e. The Hall–Kier alpha value is -5.57. The number of anilines is 1. The number of carbonyl (C=O) groups excluding carboxylic acids is 1. The van der Waals surface area contributed by atoms with Crippen LogP contribution in [0, 0.1) is 23.3 Å². The van der Waals surface area contributed by atoms with Gasteiger partial charge in [0, 0.05) is 34.3 Å². The highest BCUT2D eigenvalue weighted by molar-refractivity contribution is 7.92. The second-order valence-electron chi connectivity index (χ2n) is 9.23. The number of sulfonamides is 1. The second-order valence-corrected chi connectivity index (χ2v) is 10.9. The number of rotatable bonds is 6. The van der Waals surface area contributed by atoms with Crippen molar-refractivity contribution in [2.24, 2.45) is 0 Å². The molecule has 3 N–H and O–H groups in total. The molecule has 6 rings (SSSR count). The summed E-state index contributed by atoms with van der Waals surface area (Å²) in [5.74, 6) is -6.42. The van der Waals surface area contributed by atoms with Crippen LogP contribution in [0.25, 0.3) is 33.1 Å². The van der Waals surface area contributed by atoms with Crippen LogP contribution in [-0.4, -0.2) is 45.1 Å². The number of ketones is 1. The molecule has 0 atom stereocenters. The molecule has 6 aromatic rings. The zero-order chi connectivity index (χ0) is 30.6. The monoisotopic (exact) mass is 609 g/mol. The maximum absolute atomic E-state index is 15.5. The van der Waals surface area contributed by atoms with Gasteiger partial charge in [-0.05, 0) is 54.1 Å². The zero-order valence-electron chi connectivity index (χ0n) is 21.3. The molecule has 0 radical (unpaired) electrons. The van der Waals surface area contributed by atoms with Crippen molar-refractivity contribution >= 4 is 49.5 Å². The number of aromatic nitrogens is 4. The molecule has 0 fully saturated rings. The SMILES string of the molecule is O=C(c1c(F)ccc(NS(=O)(=O)c2cc(F)ccc2F)c1F)c1c[nH]c2ncc(-c3ccc4c(cnn4C(=O)O)c3)cc12. The van der Waals surface area contributed by atoms with E-state index in [2.05, 4.69) is 15.1 Å². The minimum atomic E-state index is -4.88. The molecule has 0 aliphatic rings. The molecular weight excluding hydrogens is 594 g/mol. The van der Waals surface area contributed by atoms with Crippen molar-refractivity contribution in [2.75, 3.05) is 4.72 Å². The van der Waals surface area contributed by atoms with E-state index in [-0.39, 0.29) is 16.6 Å². The lowest BCUT2D eigenvalue weighted by atomic mass is 9.99. The third-order valence-electron chi connectivity index (χ3n) is 6.60. The molecule has 43 heavy (non-hydrogen) atoms. The number of benzene rings is 3. The summed E-state index contributed by atoms with van der Waals surface area (Å²) in [5.41, 5.74) is -0.583. The summed E-state index contributed by atoms with van der Waals surface area (Å²) in [4.78, 5) is 30.7. The predicted molar refractivity (Wildman–Crippen MR) is 145 cm³/mol. The third-order valence-corrected chi connectivity index (χ3v) is 7.98. The van der Waals surface area contributed by atoms with Gasteiger partial charge < -0.3 is 10.1 Å². The minimum absolute atomic E-state index is 0.176. The minimum Gasteiger partial charge on any atom is -0.463 e. The van der Waals surface area contributed by atoms with Crippen LogP contribution in [0.2, 0.25) is 0 Å². The van der Waals surface area contributed by atoms with Crippen LogP contribution in [0.5, 0.6) is 0 Å². The first kappa shape index (κ1) is 27.6. The molecule has 0 aliphatic carbocycles. The maximum Gasteiger partial charge on any atom is 0.432 e. The summed E-state index contributed by atoms with van der Waals surface area (Å²) in [6.45, 7) is 0. The van der Waals surface area contributed by atoms with Crippen molar-refractivity contribution in [3.05, 3.63) is 108 Å². The number of nitrogens with one attached hydrogen (secondary N) is 2. The Balaban J connectivity index is 1.38. The van der Waals surface area contributed by atoms with Crippen LogP contribution in [0.1, 0.15) is 15.9 Å². The molecule has 0 spiro atoms. The summed E-state index contributed by atoms with van der Waals surface area (Å²) in [5, 5.41) is 13.8. The number of carbonyl (C=O) groups is 2. The van der Waals surface area contributed by atoms with Crippen LogP contribution in [0.4, 0.5) is 28.0 Å². The molecule has 3 heterocycles. The third kappa shape index (κ3) is 4.74. The summed E-state index contributed by atoms with van der Waals surface area (Å²) < 4.78 is 86.0. The second kappa shape index (κ2) is 10.1. The van der Waals surface area contributed by atoms with Crippen molar-refractivity contribution in [2.45, 2.75) is 4.90 Å². The van der Waals surface area contributed by atoms with E-state index in [4.69, 9.17) is 0 Å². The number of hydrogen-bond donors (Lipinski definition) is 3. The lowest BCUT2D eigenvalue weighted by Crippen LogP contribution is -2.17. The average Bonchev–Trinajstić information content (AvgIpc) is 3.59. The highest BCUT2D eigenvalue weighted by atomic mass is 32.2. The van der Waals surface area contributed by atoms with Gasteiger partial charge in [-0.2, -0.15) is 9.78 Å². The van der Waals surface area contributed by atoms with Gasteiger partial charge in [-0.15, -0.1) is 0 Å². The molecular formula is C28H15F4N5O5S.